The van der Waals surface area contributed by atoms with E-state index in [1.165, 1.54) is 10.9 Å². The molecule has 29 heavy (non-hydrogen) atoms. The molecule has 0 bridgehead atoms. The lowest BCUT2D eigenvalue weighted by Gasteiger charge is -2.23. The van der Waals surface area contributed by atoms with E-state index in [1.807, 2.05) is 32.3 Å². The maximum Gasteiger partial charge on any atom is 0.286 e. The van der Waals surface area contributed by atoms with Crippen molar-refractivity contribution in [1.29, 1.82) is 0 Å². The second-order valence-electron chi connectivity index (χ2n) is 7.75. The highest BCUT2D eigenvalue weighted by Crippen LogP contribution is 2.26. The second-order valence-corrected chi connectivity index (χ2v) is 7.75. The van der Waals surface area contributed by atoms with Crippen molar-refractivity contribution < 1.29 is 4.79 Å². The molecule has 7 nitrogen and oxygen atoms in total. The van der Waals surface area contributed by atoms with Gasteiger partial charge in [-0.15, -0.1) is 0 Å². The van der Waals surface area contributed by atoms with Crippen molar-refractivity contribution in [2.75, 3.05) is 18.0 Å². The second kappa shape index (κ2) is 7.75. The number of primary amides is 1. The first-order valence-electron chi connectivity index (χ1n) is 9.92. The van der Waals surface area contributed by atoms with Gasteiger partial charge in [-0.25, -0.2) is 9.97 Å². The van der Waals surface area contributed by atoms with Crippen molar-refractivity contribution in [3.63, 3.8) is 0 Å². The Hall–Kier alpha value is -3.06. The minimum Gasteiger partial charge on any atom is -0.363 e. The van der Waals surface area contributed by atoms with Gasteiger partial charge in [0.1, 0.15) is 5.82 Å². The van der Waals surface area contributed by atoms with Crippen LogP contribution in [0.1, 0.15) is 46.8 Å². The van der Waals surface area contributed by atoms with Crippen LogP contribution in [0.25, 0.3) is 10.8 Å². The fraction of sp³-hybridized carbons (Fsp3) is 0.364. The van der Waals surface area contributed by atoms with Gasteiger partial charge in [0.05, 0.1) is 0 Å². The third-order valence-electron chi connectivity index (χ3n) is 5.72. The topological polar surface area (TPSA) is 97.0 Å². The molecule has 1 aliphatic rings. The normalized spacial score (nSPS) is 17.6. The number of benzene rings is 1. The van der Waals surface area contributed by atoms with Gasteiger partial charge < -0.3 is 16.0 Å². The van der Waals surface area contributed by atoms with Gasteiger partial charge in [0.25, 0.3) is 5.91 Å². The first-order chi connectivity index (χ1) is 13.9. The molecule has 3 aromatic rings. The van der Waals surface area contributed by atoms with Gasteiger partial charge >= 0.3 is 0 Å². The summed E-state index contributed by atoms with van der Waals surface area (Å²) in [6.07, 6.45) is 4.72. The molecular weight excluding hydrogens is 364 g/mol. The van der Waals surface area contributed by atoms with E-state index in [0.717, 1.165) is 42.0 Å². The number of anilines is 1. The number of hydrogen-bond donors (Lipinski definition) is 2. The molecule has 2 aromatic heterocycles. The molecule has 1 fully saturated rings. The van der Waals surface area contributed by atoms with Gasteiger partial charge in [0, 0.05) is 54.2 Å². The predicted molar refractivity (Wildman–Crippen MR) is 114 cm³/mol. The zero-order valence-corrected chi connectivity index (χ0v) is 17.0. The zero-order chi connectivity index (χ0) is 20.5. The average molecular weight is 390 g/mol. The number of pyridine rings is 1. The molecule has 150 valence electrons. The molecule has 0 aliphatic carbocycles. The number of hydrogen-bond acceptors (Lipinski definition) is 6. The van der Waals surface area contributed by atoms with Crippen molar-refractivity contribution in [2.24, 2.45) is 5.73 Å². The molecule has 1 aromatic carbocycles. The summed E-state index contributed by atoms with van der Waals surface area (Å²) in [6, 6.07) is 9.11. The summed E-state index contributed by atoms with van der Waals surface area (Å²) >= 11 is 0. The molecule has 1 aliphatic heterocycles. The third kappa shape index (κ3) is 3.91. The Morgan fingerprint density at radius 2 is 2.07 bits per heavy atom. The SMILES string of the molecule is Cc1nc(C(N)=O)nc(N2CC[C@@H](NC(C)c3ccc4cnccc4c3)C2)c1C. The molecule has 3 heterocycles. The van der Waals surface area contributed by atoms with E-state index in [2.05, 4.69) is 50.3 Å². The quantitative estimate of drug-likeness (QED) is 0.695. The Labute approximate surface area is 170 Å². The third-order valence-corrected chi connectivity index (χ3v) is 5.72. The molecule has 1 saturated heterocycles. The van der Waals surface area contributed by atoms with Crippen molar-refractivity contribution in [1.82, 2.24) is 20.3 Å². The van der Waals surface area contributed by atoms with E-state index in [9.17, 15) is 4.79 Å². The highest BCUT2D eigenvalue weighted by molar-refractivity contribution is 5.89. The van der Waals surface area contributed by atoms with Crippen molar-refractivity contribution in [2.45, 2.75) is 39.3 Å². The predicted octanol–water partition coefficient (Wildman–Crippen LogP) is 2.67. The van der Waals surface area contributed by atoms with Gasteiger partial charge in [-0.1, -0.05) is 12.1 Å². The van der Waals surface area contributed by atoms with Gasteiger partial charge in [0.2, 0.25) is 5.82 Å². The van der Waals surface area contributed by atoms with E-state index in [4.69, 9.17) is 5.73 Å². The molecule has 1 amide bonds. The lowest BCUT2D eigenvalue weighted by Crippen LogP contribution is -2.35. The van der Waals surface area contributed by atoms with Crippen LogP contribution < -0.4 is 16.0 Å². The van der Waals surface area contributed by atoms with E-state index in [0.29, 0.717) is 6.04 Å². The Balaban J connectivity index is 1.48. The Kier molecular flexibility index (Phi) is 5.15. The number of nitrogens with zero attached hydrogens (tertiary/aromatic N) is 4. The number of carbonyl (C=O) groups excluding carboxylic acids is 1. The summed E-state index contributed by atoms with van der Waals surface area (Å²) in [5, 5.41) is 6.09. The fourth-order valence-electron chi connectivity index (χ4n) is 3.94. The summed E-state index contributed by atoms with van der Waals surface area (Å²) in [6.45, 7) is 7.77. The molecule has 4 rings (SSSR count). The number of carbonyl (C=O) groups is 1. The van der Waals surface area contributed by atoms with Gasteiger partial charge in [-0.3, -0.25) is 9.78 Å². The Morgan fingerprint density at radius 1 is 1.24 bits per heavy atom. The number of nitrogens with two attached hydrogens (primary N) is 1. The number of amides is 1. The number of rotatable bonds is 5. The van der Waals surface area contributed by atoms with Crippen LogP contribution in [0, 0.1) is 13.8 Å². The summed E-state index contributed by atoms with van der Waals surface area (Å²) < 4.78 is 0. The molecule has 0 radical (unpaired) electrons. The minimum absolute atomic E-state index is 0.0820. The molecule has 1 unspecified atom stereocenters. The minimum atomic E-state index is -0.594. The van der Waals surface area contributed by atoms with Crippen molar-refractivity contribution in [3.8, 4) is 0 Å². The first kappa shape index (κ1) is 19.3. The van der Waals surface area contributed by atoms with Gasteiger partial charge in [0.15, 0.2) is 0 Å². The standard InChI is InChI=1S/C22H26N6O/c1-13-14(2)26-21(20(23)29)27-22(13)28-9-7-19(12-28)25-15(3)16-4-5-18-11-24-8-6-17(18)10-16/h4-6,8,10-11,15,19,25H,7,9,12H2,1-3H3,(H2,23,29)/t15?,19-/m1/s1. The summed E-state index contributed by atoms with van der Waals surface area (Å²) in [4.78, 5) is 26.6. The number of aryl methyl sites for hydroxylation is 1. The molecule has 0 spiro atoms. The highest BCUT2D eigenvalue weighted by atomic mass is 16.1. The monoisotopic (exact) mass is 390 g/mol. The largest absolute Gasteiger partial charge is 0.363 e. The number of nitrogens with one attached hydrogen (secondary N) is 1. The van der Waals surface area contributed by atoms with Crippen LogP contribution in [0.4, 0.5) is 5.82 Å². The van der Waals surface area contributed by atoms with E-state index >= 15 is 0 Å². The van der Waals surface area contributed by atoms with Gasteiger partial charge in [-0.2, -0.15) is 0 Å². The number of fused-ring (bicyclic) bond motifs is 1. The smallest absolute Gasteiger partial charge is 0.286 e. The van der Waals surface area contributed by atoms with Crippen LogP contribution >= 0.6 is 0 Å². The maximum atomic E-state index is 11.6. The van der Waals surface area contributed by atoms with Crippen LogP contribution in [0.2, 0.25) is 0 Å². The van der Waals surface area contributed by atoms with Crippen LogP contribution in [-0.4, -0.2) is 40.0 Å². The van der Waals surface area contributed by atoms with Crippen LogP contribution in [0.3, 0.4) is 0 Å². The fourth-order valence-corrected chi connectivity index (χ4v) is 3.94. The van der Waals surface area contributed by atoms with Crippen molar-refractivity contribution >= 4 is 22.5 Å². The van der Waals surface area contributed by atoms with Crippen LogP contribution in [0.15, 0.2) is 36.7 Å². The number of aromatic nitrogens is 3. The first-order valence-corrected chi connectivity index (χ1v) is 9.92. The maximum absolute atomic E-state index is 11.6. The molecule has 3 N–H and O–H groups in total. The molecular formula is C22H26N6O. The zero-order valence-electron chi connectivity index (χ0n) is 17.0. The highest BCUT2D eigenvalue weighted by Gasteiger charge is 2.27. The molecule has 2 atom stereocenters. The summed E-state index contributed by atoms with van der Waals surface area (Å²) in [5.41, 5.74) is 8.44. The lowest BCUT2D eigenvalue weighted by molar-refractivity contribution is 0.0990. The molecule has 7 heteroatoms. The summed E-state index contributed by atoms with van der Waals surface area (Å²) in [7, 11) is 0. The lowest BCUT2D eigenvalue weighted by atomic mass is 10.0. The van der Waals surface area contributed by atoms with E-state index in [1.54, 1.807) is 0 Å². The van der Waals surface area contributed by atoms with Crippen LogP contribution in [0.5, 0.6) is 0 Å². The Bertz CT molecular complexity index is 1070. The van der Waals surface area contributed by atoms with Gasteiger partial charge in [-0.05, 0) is 50.3 Å². The molecule has 0 saturated carbocycles. The van der Waals surface area contributed by atoms with Crippen molar-refractivity contribution in [3.05, 3.63) is 59.3 Å². The average Bonchev–Trinajstić information content (AvgIpc) is 3.17. The van der Waals surface area contributed by atoms with Crippen LogP contribution in [-0.2, 0) is 0 Å². The Morgan fingerprint density at radius 3 is 2.86 bits per heavy atom. The van der Waals surface area contributed by atoms with E-state index < -0.39 is 5.91 Å². The van der Waals surface area contributed by atoms with E-state index in [-0.39, 0.29) is 11.9 Å². The summed E-state index contributed by atoms with van der Waals surface area (Å²) in [5.74, 6) is 0.295.